The van der Waals surface area contributed by atoms with E-state index < -0.39 is 0 Å². The van der Waals surface area contributed by atoms with Gasteiger partial charge in [-0.05, 0) is 115 Å². The highest BCUT2D eigenvalue weighted by atomic mass is 32.2. The third-order valence-corrected chi connectivity index (χ3v) is 11.4. The van der Waals surface area contributed by atoms with Gasteiger partial charge < -0.3 is 10.2 Å². The Hall–Kier alpha value is -4.73. The Morgan fingerprint density at radius 3 is 1.22 bits per heavy atom. The van der Waals surface area contributed by atoms with E-state index in [1.165, 1.54) is 67.4 Å². The molecule has 0 radical (unpaired) electrons. The van der Waals surface area contributed by atoms with E-state index >= 15 is 0 Å². The van der Waals surface area contributed by atoms with E-state index in [0.29, 0.717) is 0 Å². The first-order valence-electron chi connectivity index (χ1n) is 17.2. The molecular weight excluding hydrogens is 617 g/mol. The highest BCUT2D eigenvalue weighted by Gasteiger charge is 2.29. The molecule has 2 nitrogen and oxygen atoms in total. The van der Waals surface area contributed by atoms with Crippen LogP contribution in [0.4, 0.5) is 0 Å². The highest BCUT2D eigenvalue weighted by molar-refractivity contribution is 7.99. The average Bonchev–Trinajstić information content (AvgIpc) is 3.64. The lowest BCUT2D eigenvalue weighted by Crippen LogP contribution is -2.12. The van der Waals surface area contributed by atoms with Crippen LogP contribution < -0.4 is 0 Å². The molecule has 0 saturated heterocycles. The minimum atomic E-state index is -0.295. The van der Waals surface area contributed by atoms with Gasteiger partial charge in [-0.2, -0.15) is 0 Å². The van der Waals surface area contributed by atoms with Gasteiger partial charge in [0.1, 0.15) is 11.5 Å². The van der Waals surface area contributed by atoms with Crippen LogP contribution in [0.1, 0.15) is 74.9 Å². The summed E-state index contributed by atoms with van der Waals surface area (Å²) >= 11 is 1.46. The molecule has 2 N–H and O–H groups in total. The van der Waals surface area contributed by atoms with Crippen molar-refractivity contribution in [3.63, 3.8) is 0 Å². The Bertz CT molecular complexity index is 2130. The van der Waals surface area contributed by atoms with Gasteiger partial charge in [-0.3, -0.25) is 0 Å². The van der Waals surface area contributed by atoms with Gasteiger partial charge in [0, 0.05) is 11.1 Å². The van der Waals surface area contributed by atoms with Crippen LogP contribution in [-0.4, -0.2) is 10.2 Å². The minimum absolute atomic E-state index is 0.273. The first-order valence-corrected chi connectivity index (χ1v) is 18.0. The first kappa shape index (κ1) is 31.5. The van der Waals surface area contributed by atoms with Crippen LogP contribution in [0.15, 0.2) is 119 Å². The summed E-state index contributed by atoms with van der Waals surface area (Å²) in [6, 6.07) is 39.1. The number of benzene rings is 6. The number of aromatic hydroxyl groups is 2. The van der Waals surface area contributed by atoms with Crippen molar-refractivity contribution in [1.82, 2.24) is 0 Å². The van der Waals surface area contributed by atoms with E-state index in [1.807, 2.05) is 0 Å². The quantitative estimate of drug-likeness (QED) is 0.198. The summed E-state index contributed by atoms with van der Waals surface area (Å²) in [5, 5.41) is 23.8. The van der Waals surface area contributed by atoms with Crippen molar-refractivity contribution >= 4 is 11.8 Å². The second kappa shape index (κ2) is 11.4. The van der Waals surface area contributed by atoms with Gasteiger partial charge in [-0.15, -0.1) is 0 Å². The fourth-order valence-corrected chi connectivity index (χ4v) is 8.82. The maximum atomic E-state index is 11.9. The van der Waals surface area contributed by atoms with Crippen LogP contribution >= 0.6 is 11.8 Å². The standard InChI is InChI=1S/C46H42O2S/c1-45(2,3)39-23-29(33-17-11-19-35-31-15-9-7-13-27(31)21-37(33)35)25-41(43(39)47)49-42-26-30(24-40(44(42)48)46(4,5)6)34-18-12-20-36-32-16-10-8-14-28(32)22-38(34)36/h7-20,23-26,47-48H,21-22H2,1-6H3. The predicted octanol–water partition coefficient (Wildman–Crippen LogP) is 12.3. The molecule has 0 atom stereocenters. The largest absolute Gasteiger partial charge is 0.506 e. The molecule has 0 saturated carbocycles. The lowest BCUT2D eigenvalue weighted by Gasteiger charge is -2.26. The van der Waals surface area contributed by atoms with E-state index in [1.54, 1.807) is 0 Å². The van der Waals surface area contributed by atoms with Crippen LogP contribution in [-0.2, 0) is 23.7 Å². The minimum Gasteiger partial charge on any atom is -0.506 e. The SMILES string of the molecule is CC(C)(C)c1cc(-c2cccc3c2Cc2ccccc2-3)cc(Sc2cc(-c3cccc4c3Cc3ccccc3-4)cc(C(C)(C)C)c2O)c1O. The van der Waals surface area contributed by atoms with Crippen LogP contribution in [0.5, 0.6) is 11.5 Å². The summed E-state index contributed by atoms with van der Waals surface area (Å²) in [7, 11) is 0. The van der Waals surface area contributed by atoms with Crippen molar-refractivity contribution in [1.29, 1.82) is 0 Å². The van der Waals surface area contributed by atoms with Crippen molar-refractivity contribution in [2.24, 2.45) is 0 Å². The maximum absolute atomic E-state index is 11.9. The Labute approximate surface area is 294 Å². The predicted molar refractivity (Wildman–Crippen MR) is 205 cm³/mol. The van der Waals surface area contributed by atoms with E-state index in [9.17, 15) is 10.2 Å². The summed E-state index contributed by atoms with van der Waals surface area (Å²) in [5.74, 6) is 0.547. The molecule has 49 heavy (non-hydrogen) atoms. The molecule has 244 valence electrons. The summed E-state index contributed by atoms with van der Waals surface area (Å²) in [6.07, 6.45) is 1.78. The molecule has 6 aromatic rings. The van der Waals surface area contributed by atoms with Gasteiger partial charge in [0.05, 0.1) is 9.79 Å². The van der Waals surface area contributed by atoms with Crippen molar-refractivity contribution < 1.29 is 10.2 Å². The van der Waals surface area contributed by atoms with Gasteiger partial charge in [0.15, 0.2) is 0 Å². The van der Waals surface area contributed by atoms with Gasteiger partial charge in [-0.1, -0.05) is 138 Å². The molecule has 2 aliphatic carbocycles. The smallest absolute Gasteiger partial charge is 0.133 e. The molecule has 0 amide bonds. The fraction of sp³-hybridized carbons (Fsp3) is 0.217. The number of rotatable bonds is 4. The Morgan fingerprint density at radius 1 is 0.449 bits per heavy atom. The van der Waals surface area contributed by atoms with Gasteiger partial charge in [0.2, 0.25) is 0 Å². The average molecular weight is 659 g/mol. The van der Waals surface area contributed by atoms with Gasteiger partial charge in [0.25, 0.3) is 0 Å². The zero-order chi connectivity index (χ0) is 34.2. The number of phenols is 2. The molecule has 0 unspecified atom stereocenters. The third-order valence-electron chi connectivity index (χ3n) is 10.3. The van der Waals surface area contributed by atoms with Crippen LogP contribution in [0.3, 0.4) is 0 Å². The van der Waals surface area contributed by atoms with Crippen LogP contribution in [0, 0.1) is 0 Å². The monoisotopic (exact) mass is 658 g/mol. The van der Waals surface area contributed by atoms with E-state index in [-0.39, 0.29) is 22.3 Å². The van der Waals surface area contributed by atoms with Crippen LogP contribution in [0.25, 0.3) is 44.5 Å². The zero-order valence-corrected chi connectivity index (χ0v) is 29.9. The first-order chi connectivity index (χ1) is 23.4. The number of phenolic OH excluding ortho intramolecular Hbond substituents is 2. The number of hydrogen-bond acceptors (Lipinski definition) is 3. The summed E-state index contributed by atoms with van der Waals surface area (Å²) in [6.45, 7) is 12.9. The molecule has 6 aromatic carbocycles. The van der Waals surface area contributed by atoms with E-state index in [0.717, 1.165) is 44.9 Å². The van der Waals surface area contributed by atoms with E-state index in [4.69, 9.17) is 0 Å². The maximum Gasteiger partial charge on any atom is 0.133 e. The van der Waals surface area contributed by atoms with Crippen molar-refractivity contribution in [3.05, 3.63) is 143 Å². The molecule has 0 aromatic heterocycles. The molecule has 0 bridgehead atoms. The molecule has 0 aliphatic heterocycles. The molecule has 0 fully saturated rings. The number of fused-ring (bicyclic) bond motifs is 6. The van der Waals surface area contributed by atoms with Gasteiger partial charge in [-0.25, -0.2) is 0 Å². The number of hydrogen-bond donors (Lipinski definition) is 2. The zero-order valence-electron chi connectivity index (χ0n) is 29.1. The van der Waals surface area contributed by atoms with Crippen molar-refractivity contribution in [2.45, 2.75) is 75.0 Å². The molecule has 2 aliphatic rings. The third kappa shape index (κ3) is 5.36. The Balaban J connectivity index is 1.28. The van der Waals surface area contributed by atoms with Crippen LogP contribution in [0.2, 0.25) is 0 Å². The lowest BCUT2D eigenvalue weighted by atomic mass is 9.83. The molecule has 8 rings (SSSR count). The second-order valence-corrected chi connectivity index (χ2v) is 16.8. The molecule has 0 heterocycles. The summed E-state index contributed by atoms with van der Waals surface area (Å²) in [5.41, 5.74) is 16.3. The summed E-state index contributed by atoms with van der Waals surface area (Å²) < 4.78 is 0. The van der Waals surface area contributed by atoms with Crippen molar-refractivity contribution in [3.8, 4) is 56.0 Å². The highest BCUT2D eigenvalue weighted by Crippen LogP contribution is 2.51. The fourth-order valence-electron chi connectivity index (χ4n) is 7.80. The van der Waals surface area contributed by atoms with Crippen molar-refractivity contribution in [2.75, 3.05) is 0 Å². The Kier molecular flexibility index (Phi) is 7.35. The second-order valence-electron chi connectivity index (χ2n) is 15.7. The normalized spacial score (nSPS) is 13.2. The molecular formula is C46H42O2S. The molecule has 0 spiro atoms. The summed E-state index contributed by atoms with van der Waals surface area (Å²) in [4.78, 5) is 1.49. The lowest BCUT2D eigenvalue weighted by molar-refractivity contribution is 0.433. The van der Waals surface area contributed by atoms with E-state index in [2.05, 4.69) is 151 Å². The van der Waals surface area contributed by atoms with Gasteiger partial charge >= 0.3 is 0 Å². The topological polar surface area (TPSA) is 40.5 Å². The molecule has 3 heteroatoms. The Morgan fingerprint density at radius 2 is 0.816 bits per heavy atom.